The Kier molecular flexibility index (Phi) is 3.72. The van der Waals surface area contributed by atoms with E-state index in [1.807, 2.05) is 24.4 Å². The minimum atomic E-state index is 0.132. The molecule has 1 atom stereocenters. The van der Waals surface area contributed by atoms with Gasteiger partial charge < -0.3 is 14.3 Å². The van der Waals surface area contributed by atoms with E-state index in [2.05, 4.69) is 32.4 Å². The van der Waals surface area contributed by atoms with Gasteiger partial charge in [-0.3, -0.25) is 4.90 Å². The van der Waals surface area contributed by atoms with Crippen molar-refractivity contribution in [1.82, 2.24) is 25.3 Å². The number of hydrogen-bond donors (Lipinski definition) is 1. The van der Waals surface area contributed by atoms with Gasteiger partial charge in [0.05, 0.1) is 6.04 Å². The van der Waals surface area contributed by atoms with Gasteiger partial charge >= 0.3 is 0 Å². The summed E-state index contributed by atoms with van der Waals surface area (Å²) in [5.74, 6) is 2.77. The molecule has 1 N–H and O–H groups in total. The molecule has 0 aliphatic carbocycles. The summed E-state index contributed by atoms with van der Waals surface area (Å²) in [5, 5.41) is 10.2. The van der Waals surface area contributed by atoms with Crippen LogP contribution in [0.1, 0.15) is 17.6 Å². The molecule has 1 fully saturated rings. The minimum Gasteiger partial charge on any atom is -0.459 e. The average Bonchev–Trinajstić information content (AvgIpc) is 3.27. The van der Waals surface area contributed by atoms with E-state index in [0.717, 1.165) is 36.2 Å². The molecule has 1 aliphatic rings. The fraction of sp³-hybridized carbons (Fsp3) is 0.400. The number of furan rings is 1. The van der Waals surface area contributed by atoms with Gasteiger partial charge in [-0.15, -0.1) is 11.3 Å². The Labute approximate surface area is 137 Å². The van der Waals surface area contributed by atoms with Gasteiger partial charge in [0.15, 0.2) is 16.6 Å². The molecule has 0 bridgehead atoms. The van der Waals surface area contributed by atoms with Crippen molar-refractivity contribution in [3.8, 4) is 22.4 Å². The third-order valence-corrected chi connectivity index (χ3v) is 4.78. The molecule has 8 heteroatoms. The van der Waals surface area contributed by atoms with Crippen molar-refractivity contribution >= 4 is 11.3 Å². The first-order valence-corrected chi connectivity index (χ1v) is 8.36. The highest BCUT2D eigenvalue weighted by molar-refractivity contribution is 7.13. The highest BCUT2D eigenvalue weighted by Gasteiger charge is 2.26. The molecule has 0 aromatic carbocycles. The van der Waals surface area contributed by atoms with Crippen LogP contribution >= 0.6 is 11.3 Å². The summed E-state index contributed by atoms with van der Waals surface area (Å²) < 4.78 is 11.0. The normalized spacial score (nSPS) is 19.3. The number of aromatic nitrogens is 3. The van der Waals surface area contributed by atoms with E-state index >= 15 is 0 Å². The predicted octanol–water partition coefficient (Wildman–Crippen LogP) is 2.34. The van der Waals surface area contributed by atoms with Crippen LogP contribution in [-0.2, 0) is 0 Å². The lowest BCUT2D eigenvalue weighted by Gasteiger charge is -2.30. The highest BCUT2D eigenvalue weighted by Crippen LogP contribution is 2.30. The zero-order chi connectivity index (χ0) is 15.8. The quantitative estimate of drug-likeness (QED) is 0.789. The smallest absolute Gasteiger partial charge is 0.277 e. The van der Waals surface area contributed by atoms with Gasteiger partial charge in [-0.25, -0.2) is 4.98 Å². The van der Waals surface area contributed by atoms with Crippen molar-refractivity contribution in [2.75, 3.05) is 26.7 Å². The zero-order valence-corrected chi connectivity index (χ0v) is 13.8. The van der Waals surface area contributed by atoms with Gasteiger partial charge in [-0.2, -0.15) is 4.98 Å². The van der Waals surface area contributed by atoms with Gasteiger partial charge in [0.1, 0.15) is 11.5 Å². The summed E-state index contributed by atoms with van der Waals surface area (Å²) in [4.78, 5) is 11.3. The van der Waals surface area contributed by atoms with Crippen molar-refractivity contribution in [2.24, 2.45) is 0 Å². The molecule has 1 saturated heterocycles. The number of rotatable bonds is 3. The molecule has 7 nitrogen and oxygen atoms in total. The van der Waals surface area contributed by atoms with Crippen LogP contribution in [0.25, 0.3) is 22.4 Å². The average molecular weight is 331 g/mol. The van der Waals surface area contributed by atoms with Crippen LogP contribution in [0.15, 0.2) is 26.5 Å². The summed E-state index contributed by atoms with van der Waals surface area (Å²) in [6.45, 7) is 4.68. The molecule has 120 valence electrons. The lowest BCUT2D eigenvalue weighted by atomic mass is 10.2. The molecular weight excluding hydrogens is 314 g/mol. The number of piperazine rings is 1. The van der Waals surface area contributed by atoms with Crippen LogP contribution in [0.5, 0.6) is 0 Å². The SMILES string of the molecule is Cc1ccc(-c2nc(-c3nc(C4CNCCN4C)no3)cs2)o1. The fourth-order valence-electron chi connectivity index (χ4n) is 2.60. The third-order valence-electron chi connectivity index (χ3n) is 3.93. The summed E-state index contributed by atoms with van der Waals surface area (Å²) in [5.41, 5.74) is 0.684. The maximum atomic E-state index is 5.60. The molecular formula is C15H17N5O2S. The molecule has 1 unspecified atom stereocenters. The third kappa shape index (κ3) is 2.80. The number of aryl methyl sites for hydroxylation is 1. The van der Waals surface area contributed by atoms with E-state index < -0.39 is 0 Å². The van der Waals surface area contributed by atoms with Crippen LogP contribution in [0, 0.1) is 6.92 Å². The number of likely N-dealkylation sites (N-methyl/N-ethyl adjacent to an activating group) is 1. The molecule has 3 aromatic heterocycles. The highest BCUT2D eigenvalue weighted by atomic mass is 32.1. The minimum absolute atomic E-state index is 0.132. The Bertz CT molecular complexity index is 808. The van der Waals surface area contributed by atoms with E-state index in [1.165, 1.54) is 11.3 Å². The van der Waals surface area contributed by atoms with E-state index in [4.69, 9.17) is 8.94 Å². The van der Waals surface area contributed by atoms with Crippen LogP contribution in [0.4, 0.5) is 0 Å². The molecule has 1 aliphatic heterocycles. The fourth-order valence-corrected chi connectivity index (χ4v) is 3.36. The Morgan fingerprint density at radius 3 is 3.04 bits per heavy atom. The largest absolute Gasteiger partial charge is 0.459 e. The van der Waals surface area contributed by atoms with Gasteiger partial charge in [0.25, 0.3) is 5.89 Å². The van der Waals surface area contributed by atoms with Crippen molar-refractivity contribution in [2.45, 2.75) is 13.0 Å². The molecule has 0 amide bonds. The first-order valence-electron chi connectivity index (χ1n) is 7.48. The van der Waals surface area contributed by atoms with Crippen LogP contribution in [-0.4, -0.2) is 46.7 Å². The second kappa shape index (κ2) is 5.88. The molecule has 0 radical (unpaired) electrons. The second-order valence-electron chi connectivity index (χ2n) is 5.61. The molecule has 4 rings (SSSR count). The monoisotopic (exact) mass is 331 g/mol. The number of nitrogens with one attached hydrogen (secondary N) is 1. The lowest BCUT2D eigenvalue weighted by molar-refractivity contribution is 0.190. The molecule has 4 heterocycles. The van der Waals surface area contributed by atoms with Gasteiger partial charge in [-0.05, 0) is 26.1 Å². The van der Waals surface area contributed by atoms with E-state index in [9.17, 15) is 0 Å². The van der Waals surface area contributed by atoms with Crippen molar-refractivity contribution in [3.63, 3.8) is 0 Å². The first kappa shape index (κ1) is 14.6. The van der Waals surface area contributed by atoms with E-state index in [0.29, 0.717) is 17.4 Å². The Morgan fingerprint density at radius 2 is 2.26 bits per heavy atom. The molecule has 3 aromatic rings. The van der Waals surface area contributed by atoms with Crippen LogP contribution in [0.3, 0.4) is 0 Å². The van der Waals surface area contributed by atoms with Gasteiger partial charge in [0, 0.05) is 25.0 Å². The number of nitrogens with zero attached hydrogens (tertiary/aromatic N) is 4. The zero-order valence-electron chi connectivity index (χ0n) is 12.9. The van der Waals surface area contributed by atoms with Gasteiger partial charge in [-0.1, -0.05) is 5.16 Å². The van der Waals surface area contributed by atoms with Crippen molar-refractivity contribution in [1.29, 1.82) is 0 Å². The van der Waals surface area contributed by atoms with E-state index in [-0.39, 0.29) is 6.04 Å². The second-order valence-corrected chi connectivity index (χ2v) is 6.46. The van der Waals surface area contributed by atoms with Crippen LogP contribution < -0.4 is 5.32 Å². The number of hydrogen-bond acceptors (Lipinski definition) is 8. The van der Waals surface area contributed by atoms with Crippen molar-refractivity contribution < 1.29 is 8.94 Å². The standard InChI is InChI=1S/C15H17N5O2S/c1-9-3-4-12(21-9)15-17-10(8-23-15)14-18-13(19-22-14)11-7-16-5-6-20(11)2/h3-4,8,11,16H,5-7H2,1-2H3. The van der Waals surface area contributed by atoms with Crippen LogP contribution in [0.2, 0.25) is 0 Å². The topological polar surface area (TPSA) is 80.2 Å². The first-order chi connectivity index (χ1) is 11.2. The lowest BCUT2D eigenvalue weighted by Crippen LogP contribution is -2.44. The molecule has 0 saturated carbocycles. The number of thiazole rings is 1. The van der Waals surface area contributed by atoms with Gasteiger partial charge in [0.2, 0.25) is 0 Å². The summed E-state index contributed by atoms with van der Waals surface area (Å²) in [6.07, 6.45) is 0. The Hall–Kier alpha value is -2.03. The Morgan fingerprint density at radius 1 is 1.35 bits per heavy atom. The Balaban J connectivity index is 1.58. The maximum Gasteiger partial charge on any atom is 0.277 e. The van der Waals surface area contributed by atoms with Crippen molar-refractivity contribution in [3.05, 3.63) is 29.1 Å². The summed E-state index contributed by atoms with van der Waals surface area (Å²) in [6, 6.07) is 3.97. The summed E-state index contributed by atoms with van der Waals surface area (Å²) >= 11 is 1.50. The van der Waals surface area contributed by atoms with E-state index in [1.54, 1.807) is 0 Å². The summed E-state index contributed by atoms with van der Waals surface area (Å²) in [7, 11) is 2.07. The molecule has 0 spiro atoms. The predicted molar refractivity (Wildman–Crippen MR) is 86.1 cm³/mol. The maximum absolute atomic E-state index is 5.60. The molecule has 23 heavy (non-hydrogen) atoms.